The average Bonchev–Trinajstić information content (AvgIpc) is 3.17. The highest BCUT2D eigenvalue weighted by atomic mass is 35.5. The third-order valence-corrected chi connectivity index (χ3v) is 5.07. The maximum absolute atomic E-state index is 12.9. The lowest BCUT2D eigenvalue weighted by molar-refractivity contribution is -0.137. The molecule has 0 unspecified atom stereocenters. The number of aromatic hydroxyl groups is 2. The molecule has 0 saturated heterocycles. The molecule has 0 aliphatic rings. The van der Waals surface area contributed by atoms with Gasteiger partial charge in [0.1, 0.15) is 11.5 Å². The van der Waals surface area contributed by atoms with Crippen LogP contribution < -0.4 is 0 Å². The van der Waals surface area contributed by atoms with Gasteiger partial charge in [0, 0.05) is 40.0 Å². The van der Waals surface area contributed by atoms with Crippen LogP contribution in [0.4, 0.5) is 0 Å². The number of aliphatic carboxylic acids is 1. The number of carboxylic acid groups (broad SMARTS) is 1. The number of phenols is 2. The first-order valence-electron chi connectivity index (χ1n) is 9.31. The summed E-state index contributed by atoms with van der Waals surface area (Å²) in [5.74, 6) is -3.27. The lowest BCUT2D eigenvalue weighted by Crippen LogP contribution is -2.16. The van der Waals surface area contributed by atoms with E-state index in [1.165, 1.54) is 30.5 Å². The monoisotopic (exact) mass is 428 g/mol. The van der Waals surface area contributed by atoms with Crippen molar-refractivity contribution in [3.8, 4) is 11.5 Å². The van der Waals surface area contributed by atoms with Crippen molar-refractivity contribution in [2.45, 2.75) is 32.2 Å². The van der Waals surface area contributed by atoms with Crippen LogP contribution in [0.3, 0.4) is 0 Å². The van der Waals surface area contributed by atoms with E-state index in [2.05, 4.69) is 5.10 Å². The number of halogens is 1. The Hall–Kier alpha value is -3.32. The molecule has 0 aliphatic carbocycles. The maximum Gasteiger partial charge on any atom is 0.304 e. The van der Waals surface area contributed by atoms with Crippen LogP contribution >= 0.6 is 11.6 Å². The number of hydrogen-bond donors (Lipinski definition) is 3. The number of carbonyl (C=O) groups is 2. The van der Waals surface area contributed by atoms with E-state index in [0.29, 0.717) is 16.3 Å². The van der Waals surface area contributed by atoms with Gasteiger partial charge in [-0.1, -0.05) is 11.6 Å². The van der Waals surface area contributed by atoms with Gasteiger partial charge in [0.05, 0.1) is 12.0 Å². The number of benzene rings is 2. The van der Waals surface area contributed by atoms with Crippen molar-refractivity contribution in [3.63, 3.8) is 0 Å². The smallest absolute Gasteiger partial charge is 0.304 e. The number of aromatic nitrogens is 2. The van der Waals surface area contributed by atoms with Crippen molar-refractivity contribution < 1.29 is 24.9 Å². The van der Waals surface area contributed by atoms with E-state index in [9.17, 15) is 24.9 Å². The molecule has 3 N–H and O–H groups in total. The van der Waals surface area contributed by atoms with E-state index in [1.54, 1.807) is 22.9 Å². The van der Waals surface area contributed by atoms with Gasteiger partial charge in [0.25, 0.3) is 0 Å². The SMILES string of the molecule is CC(C)n1nccc1[C@@H](CC(=O)O)c1c(O)ccc(C(=O)c2ccc(Cl)cc2)c1O. The molecule has 0 aliphatic heterocycles. The highest BCUT2D eigenvalue weighted by Crippen LogP contribution is 2.42. The molecule has 3 aromatic rings. The molecule has 156 valence electrons. The van der Waals surface area contributed by atoms with Gasteiger partial charge in [0.15, 0.2) is 5.78 Å². The lowest BCUT2D eigenvalue weighted by atomic mass is 9.87. The van der Waals surface area contributed by atoms with E-state index in [4.69, 9.17) is 11.6 Å². The van der Waals surface area contributed by atoms with Crippen LogP contribution in [0.1, 0.15) is 59.4 Å². The van der Waals surface area contributed by atoms with E-state index in [-0.39, 0.29) is 22.9 Å². The Morgan fingerprint density at radius 1 is 1.07 bits per heavy atom. The van der Waals surface area contributed by atoms with Gasteiger partial charge in [-0.2, -0.15) is 5.10 Å². The van der Waals surface area contributed by atoms with Gasteiger partial charge in [-0.15, -0.1) is 0 Å². The molecule has 0 fully saturated rings. The average molecular weight is 429 g/mol. The largest absolute Gasteiger partial charge is 0.508 e. The lowest BCUT2D eigenvalue weighted by Gasteiger charge is -2.22. The van der Waals surface area contributed by atoms with Crippen LogP contribution in [0.25, 0.3) is 0 Å². The Morgan fingerprint density at radius 2 is 1.73 bits per heavy atom. The van der Waals surface area contributed by atoms with E-state index >= 15 is 0 Å². The summed E-state index contributed by atoms with van der Waals surface area (Å²) in [5.41, 5.74) is 0.734. The fraction of sp³-hybridized carbons (Fsp3) is 0.227. The third kappa shape index (κ3) is 4.16. The van der Waals surface area contributed by atoms with Crippen molar-refractivity contribution in [3.05, 3.63) is 76.1 Å². The zero-order chi connectivity index (χ0) is 22.0. The molecule has 0 bridgehead atoms. The second-order valence-corrected chi connectivity index (χ2v) is 7.61. The number of nitrogens with zero attached hydrogens (tertiary/aromatic N) is 2. The standard InChI is InChI=1S/C22H21ClN2O5/c1-12(2)25-17(9-10-24-25)16(11-19(27)28)20-18(26)8-7-15(22(20)30)21(29)13-3-5-14(23)6-4-13/h3-10,12,16,26,30H,11H2,1-2H3,(H,27,28)/t16-/m1/s1. The highest BCUT2D eigenvalue weighted by Gasteiger charge is 2.30. The topological polar surface area (TPSA) is 113 Å². The molecule has 2 aromatic carbocycles. The Labute approximate surface area is 178 Å². The Balaban J connectivity index is 2.16. The highest BCUT2D eigenvalue weighted by molar-refractivity contribution is 6.30. The zero-order valence-corrected chi connectivity index (χ0v) is 17.2. The first kappa shape index (κ1) is 21.4. The summed E-state index contributed by atoms with van der Waals surface area (Å²) in [4.78, 5) is 24.5. The third-order valence-electron chi connectivity index (χ3n) is 4.82. The normalized spacial score (nSPS) is 12.1. The summed E-state index contributed by atoms with van der Waals surface area (Å²) < 4.78 is 1.63. The van der Waals surface area contributed by atoms with Gasteiger partial charge in [-0.05, 0) is 56.3 Å². The fourth-order valence-corrected chi connectivity index (χ4v) is 3.57. The molecule has 0 radical (unpaired) electrons. The van der Waals surface area contributed by atoms with Crippen LogP contribution in [0.5, 0.6) is 11.5 Å². The van der Waals surface area contributed by atoms with Crippen LogP contribution in [-0.4, -0.2) is 36.9 Å². The van der Waals surface area contributed by atoms with Crippen molar-refractivity contribution in [1.82, 2.24) is 9.78 Å². The number of hydrogen-bond acceptors (Lipinski definition) is 5. The van der Waals surface area contributed by atoms with Crippen molar-refractivity contribution in [2.75, 3.05) is 0 Å². The van der Waals surface area contributed by atoms with Crippen LogP contribution in [0.2, 0.25) is 5.02 Å². The number of phenolic OH excluding ortho intramolecular Hbond substituents is 2. The molecule has 1 atom stereocenters. The van der Waals surface area contributed by atoms with Gasteiger partial charge in [-0.3, -0.25) is 14.3 Å². The number of carbonyl (C=O) groups excluding carboxylic acids is 1. The summed E-state index contributed by atoms with van der Waals surface area (Å²) in [7, 11) is 0. The molecule has 30 heavy (non-hydrogen) atoms. The Kier molecular flexibility index (Phi) is 6.12. The summed E-state index contributed by atoms with van der Waals surface area (Å²) in [6, 6.07) is 10.3. The van der Waals surface area contributed by atoms with Gasteiger partial charge in [0.2, 0.25) is 0 Å². The first-order chi connectivity index (χ1) is 14.2. The number of ketones is 1. The van der Waals surface area contributed by atoms with Gasteiger partial charge < -0.3 is 15.3 Å². The minimum atomic E-state index is -1.12. The fourth-order valence-electron chi connectivity index (χ4n) is 3.44. The van der Waals surface area contributed by atoms with Gasteiger partial charge in [-0.25, -0.2) is 0 Å². The molecule has 3 rings (SSSR count). The van der Waals surface area contributed by atoms with Gasteiger partial charge >= 0.3 is 5.97 Å². The maximum atomic E-state index is 12.9. The van der Waals surface area contributed by atoms with Crippen molar-refractivity contribution >= 4 is 23.4 Å². The van der Waals surface area contributed by atoms with E-state index in [1.807, 2.05) is 13.8 Å². The molecule has 1 heterocycles. The number of rotatable bonds is 7. The minimum Gasteiger partial charge on any atom is -0.508 e. The van der Waals surface area contributed by atoms with Crippen LogP contribution in [0.15, 0.2) is 48.7 Å². The van der Waals surface area contributed by atoms with Crippen molar-refractivity contribution in [1.29, 1.82) is 0 Å². The number of carboxylic acids is 1. The Bertz CT molecular complexity index is 1090. The predicted octanol–water partition coefficient (Wildman–Crippen LogP) is 4.37. The minimum absolute atomic E-state index is 0.0281. The predicted molar refractivity (Wildman–Crippen MR) is 111 cm³/mol. The molecule has 0 spiro atoms. The molecule has 7 nitrogen and oxygen atoms in total. The van der Waals surface area contributed by atoms with Crippen molar-refractivity contribution in [2.24, 2.45) is 0 Å². The first-order valence-corrected chi connectivity index (χ1v) is 9.68. The van der Waals surface area contributed by atoms with Crippen LogP contribution in [0, 0.1) is 0 Å². The second kappa shape index (κ2) is 8.59. The molecular weight excluding hydrogens is 408 g/mol. The second-order valence-electron chi connectivity index (χ2n) is 7.18. The van der Waals surface area contributed by atoms with Crippen LogP contribution in [-0.2, 0) is 4.79 Å². The molecule has 1 aromatic heterocycles. The summed E-state index contributed by atoms with van der Waals surface area (Å²) in [6.45, 7) is 3.77. The van der Waals surface area contributed by atoms with E-state index < -0.39 is 29.8 Å². The molecular formula is C22H21ClN2O5. The summed E-state index contributed by atoms with van der Waals surface area (Å²) >= 11 is 5.87. The summed E-state index contributed by atoms with van der Waals surface area (Å²) in [6.07, 6.45) is 1.12. The zero-order valence-electron chi connectivity index (χ0n) is 16.4. The molecule has 0 amide bonds. The van der Waals surface area contributed by atoms with E-state index in [0.717, 1.165) is 0 Å². The quantitative estimate of drug-likeness (QED) is 0.482. The molecule has 8 heteroatoms. The Morgan fingerprint density at radius 3 is 2.33 bits per heavy atom. The molecule has 0 saturated carbocycles. The summed E-state index contributed by atoms with van der Waals surface area (Å²) in [5, 5.41) is 35.6.